The van der Waals surface area contributed by atoms with E-state index in [2.05, 4.69) is 20.2 Å². The van der Waals surface area contributed by atoms with Crippen LogP contribution >= 0.6 is 0 Å². The number of ether oxygens (including phenoxy) is 2. The highest BCUT2D eigenvalue weighted by Gasteiger charge is 2.14. The summed E-state index contributed by atoms with van der Waals surface area (Å²) in [5, 5.41) is 8.97. The van der Waals surface area contributed by atoms with E-state index in [0.29, 0.717) is 17.2 Å². The first kappa shape index (κ1) is 16.7. The maximum absolute atomic E-state index is 11.4. The van der Waals surface area contributed by atoms with Crippen molar-refractivity contribution in [3.63, 3.8) is 0 Å². The van der Waals surface area contributed by atoms with Crippen molar-refractivity contribution in [1.29, 1.82) is 0 Å². The lowest BCUT2D eigenvalue weighted by molar-refractivity contribution is 0.111. The number of H-pyrrole nitrogens is 1. The van der Waals surface area contributed by atoms with Crippen molar-refractivity contribution in [3.05, 3.63) is 66.1 Å². The number of fused-ring (bicyclic) bond motifs is 1. The highest BCUT2D eigenvalue weighted by Crippen LogP contribution is 2.29. The molecule has 0 amide bonds. The summed E-state index contributed by atoms with van der Waals surface area (Å²) in [5.74, 6) is 0.740. The first-order chi connectivity index (χ1) is 13.3. The van der Waals surface area contributed by atoms with E-state index in [4.69, 9.17) is 9.47 Å². The molecule has 4 rings (SSSR count). The summed E-state index contributed by atoms with van der Waals surface area (Å²) in [6, 6.07) is 11.3. The lowest BCUT2D eigenvalue weighted by Gasteiger charge is -2.14. The largest absolute Gasteiger partial charge is 0.486 e. The smallest absolute Gasteiger partial charge is 0.213 e. The zero-order chi connectivity index (χ0) is 18.6. The maximum Gasteiger partial charge on any atom is 0.213 e. The lowest BCUT2D eigenvalue weighted by atomic mass is 10.0. The first-order valence-electron chi connectivity index (χ1n) is 8.28. The second-order valence-corrected chi connectivity index (χ2v) is 5.81. The SMILES string of the molecule is COc1cc(C=O)c(OCc2c(-c3ccn[nH]3)ncc3ccccc23)cn1. The van der Waals surface area contributed by atoms with Gasteiger partial charge >= 0.3 is 0 Å². The third-order valence-electron chi connectivity index (χ3n) is 4.24. The molecule has 0 aliphatic carbocycles. The predicted octanol–water partition coefficient (Wildman–Crippen LogP) is 3.42. The van der Waals surface area contributed by atoms with Crippen LogP contribution in [0.2, 0.25) is 0 Å². The van der Waals surface area contributed by atoms with Gasteiger partial charge in [-0.3, -0.25) is 14.9 Å². The van der Waals surface area contributed by atoms with Crippen molar-refractivity contribution < 1.29 is 14.3 Å². The van der Waals surface area contributed by atoms with Crippen LogP contribution in [0.3, 0.4) is 0 Å². The predicted molar refractivity (Wildman–Crippen MR) is 99.8 cm³/mol. The summed E-state index contributed by atoms with van der Waals surface area (Å²) in [5.41, 5.74) is 2.81. The molecule has 3 aromatic heterocycles. The molecule has 1 aromatic carbocycles. The Kier molecular flexibility index (Phi) is 4.49. The van der Waals surface area contributed by atoms with Gasteiger partial charge in [0, 0.05) is 29.4 Å². The zero-order valence-corrected chi connectivity index (χ0v) is 14.5. The van der Waals surface area contributed by atoms with E-state index in [9.17, 15) is 4.79 Å². The van der Waals surface area contributed by atoms with Gasteiger partial charge in [-0.15, -0.1) is 0 Å². The number of methoxy groups -OCH3 is 1. The highest BCUT2D eigenvalue weighted by molar-refractivity contribution is 5.89. The summed E-state index contributed by atoms with van der Waals surface area (Å²) < 4.78 is 11.0. The number of hydrogen-bond acceptors (Lipinski definition) is 6. The Morgan fingerprint density at radius 1 is 1.15 bits per heavy atom. The van der Waals surface area contributed by atoms with Gasteiger partial charge in [0.25, 0.3) is 0 Å². The summed E-state index contributed by atoms with van der Waals surface area (Å²) in [6.07, 6.45) is 5.70. The van der Waals surface area contributed by atoms with Crippen LogP contribution in [0, 0.1) is 0 Å². The van der Waals surface area contributed by atoms with Crippen LogP contribution in [0.5, 0.6) is 11.6 Å². The van der Waals surface area contributed by atoms with Crippen LogP contribution in [-0.4, -0.2) is 33.6 Å². The Labute approximate surface area is 155 Å². The average molecular weight is 360 g/mol. The number of benzene rings is 1. The third-order valence-corrected chi connectivity index (χ3v) is 4.24. The normalized spacial score (nSPS) is 10.7. The zero-order valence-electron chi connectivity index (χ0n) is 14.5. The number of nitrogens with zero attached hydrogens (tertiary/aromatic N) is 3. The Bertz CT molecular complexity index is 1090. The molecule has 0 unspecified atom stereocenters. The topological polar surface area (TPSA) is 90.0 Å². The molecule has 1 N–H and O–H groups in total. The molecule has 7 heteroatoms. The summed E-state index contributed by atoms with van der Waals surface area (Å²) in [4.78, 5) is 20.1. The van der Waals surface area contributed by atoms with E-state index in [1.54, 1.807) is 12.3 Å². The van der Waals surface area contributed by atoms with Gasteiger partial charge in [-0.05, 0) is 11.5 Å². The maximum atomic E-state index is 11.4. The number of rotatable bonds is 6. The quantitative estimate of drug-likeness (QED) is 0.530. The third kappa shape index (κ3) is 3.22. The number of aldehydes is 1. The molecule has 0 atom stereocenters. The van der Waals surface area contributed by atoms with Gasteiger partial charge < -0.3 is 9.47 Å². The fourth-order valence-corrected chi connectivity index (χ4v) is 2.90. The van der Waals surface area contributed by atoms with E-state index in [1.807, 2.05) is 36.5 Å². The second kappa shape index (κ2) is 7.25. The van der Waals surface area contributed by atoms with Crippen LogP contribution in [0.4, 0.5) is 0 Å². The van der Waals surface area contributed by atoms with Crippen LogP contribution in [0.1, 0.15) is 15.9 Å². The molecule has 0 radical (unpaired) electrons. The van der Waals surface area contributed by atoms with E-state index in [-0.39, 0.29) is 6.61 Å². The van der Waals surface area contributed by atoms with Crippen molar-refractivity contribution in [1.82, 2.24) is 20.2 Å². The highest BCUT2D eigenvalue weighted by atomic mass is 16.5. The molecule has 3 heterocycles. The second-order valence-electron chi connectivity index (χ2n) is 5.81. The molecular weight excluding hydrogens is 344 g/mol. The van der Waals surface area contributed by atoms with E-state index in [1.165, 1.54) is 13.3 Å². The standard InChI is InChI=1S/C20H16N4O3/c1-26-19-8-14(11-25)18(10-21-19)27-12-16-15-5-3-2-4-13(15)9-22-20(16)17-6-7-23-24-17/h2-11H,12H2,1H3,(H,23,24). The van der Waals surface area contributed by atoms with Gasteiger partial charge in [-0.25, -0.2) is 4.98 Å². The molecule has 0 saturated carbocycles. The lowest BCUT2D eigenvalue weighted by Crippen LogP contribution is -2.04. The molecule has 0 saturated heterocycles. The van der Waals surface area contributed by atoms with Crippen molar-refractivity contribution in [3.8, 4) is 23.0 Å². The molecular formula is C20H16N4O3. The van der Waals surface area contributed by atoms with Crippen LogP contribution in [0.15, 0.2) is 55.0 Å². The summed E-state index contributed by atoms with van der Waals surface area (Å²) >= 11 is 0. The number of pyridine rings is 2. The Hall–Kier alpha value is -3.74. The Morgan fingerprint density at radius 2 is 2.04 bits per heavy atom. The van der Waals surface area contributed by atoms with E-state index < -0.39 is 0 Å². The summed E-state index contributed by atoms with van der Waals surface area (Å²) in [7, 11) is 1.50. The number of hydrogen-bond donors (Lipinski definition) is 1. The van der Waals surface area contributed by atoms with Crippen molar-refractivity contribution in [2.75, 3.05) is 7.11 Å². The van der Waals surface area contributed by atoms with Crippen LogP contribution in [-0.2, 0) is 6.61 Å². The van der Waals surface area contributed by atoms with Gasteiger partial charge in [0.1, 0.15) is 12.4 Å². The number of carbonyl (C=O) groups excluding carboxylic acids is 1. The summed E-state index contributed by atoms with van der Waals surface area (Å²) in [6.45, 7) is 0.220. The molecule has 0 aliphatic rings. The first-order valence-corrected chi connectivity index (χ1v) is 8.28. The minimum atomic E-state index is 0.220. The fraction of sp³-hybridized carbons (Fsp3) is 0.100. The Morgan fingerprint density at radius 3 is 2.81 bits per heavy atom. The van der Waals surface area contributed by atoms with Crippen molar-refractivity contribution in [2.45, 2.75) is 6.61 Å². The van der Waals surface area contributed by atoms with Crippen LogP contribution < -0.4 is 9.47 Å². The Balaban J connectivity index is 1.75. The molecule has 27 heavy (non-hydrogen) atoms. The number of aromatic nitrogens is 4. The van der Waals surface area contributed by atoms with Gasteiger partial charge in [-0.2, -0.15) is 5.10 Å². The van der Waals surface area contributed by atoms with Gasteiger partial charge in [0.05, 0.1) is 30.3 Å². The fourth-order valence-electron chi connectivity index (χ4n) is 2.90. The minimum Gasteiger partial charge on any atom is -0.486 e. The molecule has 4 aromatic rings. The molecule has 0 spiro atoms. The molecule has 0 fully saturated rings. The van der Waals surface area contributed by atoms with Crippen LogP contribution in [0.25, 0.3) is 22.2 Å². The monoisotopic (exact) mass is 360 g/mol. The number of carbonyl (C=O) groups is 1. The van der Waals surface area contributed by atoms with Gasteiger partial charge in [-0.1, -0.05) is 24.3 Å². The minimum absolute atomic E-state index is 0.220. The van der Waals surface area contributed by atoms with E-state index >= 15 is 0 Å². The number of aromatic amines is 1. The van der Waals surface area contributed by atoms with Gasteiger partial charge in [0.2, 0.25) is 5.88 Å². The molecule has 7 nitrogen and oxygen atoms in total. The molecule has 134 valence electrons. The number of nitrogens with one attached hydrogen (secondary N) is 1. The van der Waals surface area contributed by atoms with E-state index in [0.717, 1.165) is 34.0 Å². The molecule has 0 aliphatic heterocycles. The molecule has 0 bridgehead atoms. The van der Waals surface area contributed by atoms with Gasteiger partial charge in [0.15, 0.2) is 6.29 Å². The van der Waals surface area contributed by atoms with Crippen molar-refractivity contribution in [2.24, 2.45) is 0 Å². The van der Waals surface area contributed by atoms with Crippen molar-refractivity contribution >= 4 is 17.1 Å². The average Bonchev–Trinajstić information content (AvgIpc) is 3.26.